The molecule has 0 saturated carbocycles. The summed E-state index contributed by atoms with van der Waals surface area (Å²) in [4.78, 5) is 8.35. The third kappa shape index (κ3) is 5.69. The number of nitrogens with zero attached hydrogens (tertiary/aromatic N) is 5. The lowest BCUT2D eigenvalue weighted by Crippen LogP contribution is -2.37. The van der Waals surface area contributed by atoms with E-state index in [0.717, 1.165) is 50.8 Å². The minimum atomic E-state index is -0.612. The highest BCUT2D eigenvalue weighted by Crippen LogP contribution is 2.58. The van der Waals surface area contributed by atoms with Crippen molar-refractivity contribution >= 4 is 61.6 Å². The molecule has 5 heteroatoms. The summed E-state index contributed by atoms with van der Waals surface area (Å²) in [5, 5.41) is 12.2. The first-order valence-electron chi connectivity index (χ1n) is 20.7. The number of hydrogen-bond acceptors (Lipinski definition) is 3. The highest BCUT2D eigenvalue weighted by Gasteiger charge is 2.46. The predicted molar refractivity (Wildman–Crippen MR) is 253 cm³/mol. The first-order chi connectivity index (χ1) is 30.7. The molecule has 1 aliphatic heterocycles. The van der Waals surface area contributed by atoms with Crippen LogP contribution < -0.4 is 9.80 Å². The van der Waals surface area contributed by atoms with Gasteiger partial charge in [0.15, 0.2) is 5.69 Å². The first-order valence-corrected chi connectivity index (χ1v) is 20.7. The molecule has 0 unspecified atom stereocenters. The second kappa shape index (κ2) is 14.9. The topological polar surface area (TPSA) is 39.6 Å². The summed E-state index contributed by atoms with van der Waals surface area (Å²) in [6.45, 7) is 7.71. The molecule has 0 radical (unpaired) electrons. The normalized spacial score (nSPS) is 12.6. The molecular formula is C57H37N5. The van der Waals surface area contributed by atoms with Crippen LogP contribution in [0, 0.1) is 17.9 Å². The summed E-state index contributed by atoms with van der Waals surface area (Å²) in [6.07, 6.45) is 0. The number of hydrogen-bond donors (Lipinski definition) is 0. The lowest BCUT2D eigenvalue weighted by molar-refractivity contribution is 0.731. The van der Waals surface area contributed by atoms with Crippen LogP contribution >= 0.6 is 0 Å². The Morgan fingerprint density at radius 3 is 1.47 bits per heavy atom. The predicted octanol–water partition coefficient (Wildman–Crippen LogP) is 14.8. The van der Waals surface area contributed by atoms with Gasteiger partial charge in [0.05, 0.1) is 63.1 Å². The molecule has 11 rings (SSSR count). The summed E-state index contributed by atoms with van der Waals surface area (Å²) in [7, 11) is 0. The second-order valence-electron chi connectivity index (χ2n) is 15.6. The Bertz CT molecular complexity index is 3170. The quantitative estimate of drug-likeness (QED) is 0.151. The molecule has 62 heavy (non-hydrogen) atoms. The van der Waals surface area contributed by atoms with Crippen LogP contribution in [0.5, 0.6) is 0 Å². The summed E-state index contributed by atoms with van der Waals surface area (Å²) in [6, 6.07) is 81.2. The largest absolute Gasteiger partial charge is 0.310 e. The summed E-state index contributed by atoms with van der Waals surface area (Å²) in [5.74, 6) is 0. The van der Waals surface area contributed by atoms with Crippen molar-refractivity contribution in [3.05, 3.63) is 264 Å². The molecule has 1 aromatic heterocycles. The molecule has 0 saturated heterocycles. The average molecular weight is 792 g/mol. The molecule has 1 aliphatic rings. The van der Waals surface area contributed by atoms with Gasteiger partial charge in [-0.3, -0.25) is 0 Å². The van der Waals surface area contributed by atoms with Crippen LogP contribution in [0.1, 0.15) is 27.8 Å². The molecule has 0 N–H and O–H groups in total. The van der Waals surface area contributed by atoms with Crippen molar-refractivity contribution in [3.8, 4) is 11.8 Å². The Hall–Kier alpha value is -8.64. The molecule has 0 amide bonds. The standard InChI is InChI=1S/C57H37N5/c1-59-43-30-34-45(35-31-43)60(44-32-28-40(39-58)29-33-44)46-36-47(61-53-24-12-8-20-49(53)50-21-9-13-25-54(50)61)38-48(37-46)62-55-26-14-10-22-51(55)57(41-16-4-2-5-17-41,42-18-6-3-7-19-42)52-23-11-15-27-56(52)62/h2-38H. The van der Waals surface area contributed by atoms with Crippen LogP contribution in [-0.2, 0) is 5.41 Å². The molecule has 0 atom stereocenters. The Morgan fingerprint density at radius 1 is 0.468 bits per heavy atom. The van der Waals surface area contributed by atoms with E-state index in [1.165, 1.54) is 33.0 Å². The van der Waals surface area contributed by atoms with E-state index in [9.17, 15) is 5.26 Å². The number of nitriles is 1. The van der Waals surface area contributed by atoms with E-state index >= 15 is 0 Å². The number of anilines is 6. The zero-order chi connectivity index (χ0) is 41.6. The molecule has 0 fully saturated rings. The number of benzene rings is 9. The maximum atomic E-state index is 9.80. The Kier molecular flexibility index (Phi) is 8.74. The van der Waals surface area contributed by atoms with Crippen LogP contribution in [0.2, 0.25) is 0 Å². The van der Waals surface area contributed by atoms with Gasteiger partial charge in [0.1, 0.15) is 0 Å². The summed E-state index contributed by atoms with van der Waals surface area (Å²) in [5.41, 5.74) is 14.3. The number of aromatic nitrogens is 1. The van der Waals surface area contributed by atoms with Gasteiger partial charge in [-0.05, 0) is 101 Å². The molecule has 0 spiro atoms. The SMILES string of the molecule is [C-]#[N+]c1ccc(N(c2ccc(C#N)cc2)c2cc(N3c4ccccc4C(c4ccccc4)(c4ccccc4)c4ccccc43)cc(-n3c4ccccc4c4ccccc43)c2)cc1. The molecule has 290 valence electrons. The highest BCUT2D eigenvalue weighted by molar-refractivity contribution is 6.09. The van der Waals surface area contributed by atoms with Gasteiger partial charge < -0.3 is 14.4 Å². The van der Waals surface area contributed by atoms with E-state index in [0.29, 0.717) is 11.3 Å². The second-order valence-corrected chi connectivity index (χ2v) is 15.6. The molecule has 2 heterocycles. The van der Waals surface area contributed by atoms with E-state index < -0.39 is 5.41 Å². The van der Waals surface area contributed by atoms with Crippen molar-refractivity contribution in [3.63, 3.8) is 0 Å². The molecule has 0 aliphatic carbocycles. The third-order valence-corrected chi connectivity index (χ3v) is 12.2. The van der Waals surface area contributed by atoms with Gasteiger partial charge in [-0.1, -0.05) is 146 Å². The van der Waals surface area contributed by atoms with Gasteiger partial charge in [0.25, 0.3) is 0 Å². The Labute approximate surface area is 360 Å². The minimum Gasteiger partial charge on any atom is -0.310 e. The van der Waals surface area contributed by atoms with E-state index in [1.807, 2.05) is 48.5 Å². The van der Waals surface area contributed by atoms with Gasteiger partial charge in [-0.2, -0.15) is 5.26 Å². The van der Waals surface area contributed by atoms with Crippen molar-refractivity contribution < 1.29 is 0 Å². The zero-order valence-corrected chi connectivity index (χ0v) is 33.6. The van der Waals surface area contributed by atoms with E-state index in [1.54, 1.807) is 0 Å². The Morgan fingerprint density at radius 2 is 0.935 bits per heavy atom. The fraction of sp³-hybridized carbons (Fsp3) is 0.0175. The molecule has 10 aromatic rings. The smallest absolute Gasteiger partial charge is 0.187 e. The van der Waals surface area contributed by atoms with Crippen LogP contribution in [0.4, 0.5) is 39.8 Å². The number of rotatable bonds is 7. The molecule has 0 bridgehead atoms. The Balaban J connectivity index is 1.24. The van der Waals surface area contributed by atoms with Crippen molar-refractivity contribution in [1.82, 2.24) is 4.57 Å². The number of fused-ring (bicyclic) bond motifs is 5. The highest BCUT2D eigenvalue weighted by atomic mass is 15.2. The first kappa shape index (κ1) is 36.4. The van der Waals surface area contributed by atoms with Crippen molar-refractivity contribution in [1.29, 1.82) is 5.26 Å². The van der Waals surface area contributed by atoms with Crippen molar-refractivity contribution in [2.24, 2.45) is 0 Å². The van der Waals surface area contributed by atoms with Crippen LogP contribution in [-0.4, -0.2) is 4.57 Å². The maximum absolute atomic E-state index is 9.80. The minimum absolute atomic E-state index is 0.565. The average Bonchev–Trinajstić information content (AvgIpc) is 3.68. The fourth-order valence-corrected chi connectivity index (χ4v) is 9.67. The maximum Gasteiger partial charge on any atom is 0.187 e. The lowest BCUT2D eigenvalue weighted by atomic mass is 9.62. The van der Waals surface area contributed by atoms with Gasteiger partial charge in [0, 0.05) is 22.1 Å². The molecule has 9 aromatic carbocycles. The lowest BCUT2D eigenvalue weighted by Gasteiger charge is -2.46. The zero-order valence-electron chi connectivity index (χ0n) is 33.6. The van der Waals surface area contributed by atoms with Gasteiger partial charge >= 0.3 is 0 Å². The summed E-state index contributed by atoms with van der Waals surface area (Å²) < 4.78 is 2.37. The van der Waals surface area contributed by atoms with Gasteiger partial charge in [0.2, 0.25) is 0 Å². The monoisotopic (exact) mass is 791 g/mol. The van der Waals surface area contributed by atoms with Crippen molar-refractivity contribution in [2.75, 3.05) is 9.80 Å². The van der Waals surface area contributed by atoms with Crippen LogP contribution in [0.3, 0.4) is 0 Å². The van der Waals surface area contributed by atoms with E-state index in [2.05, 4.69) is 201 Å². The fourth-order valence-electron chi connectivity index (χ4n) is 9.67. The summed E-state index contributed by atoms with van der Waals surface area (Å²) >= 11 is 0. The van der Waals surface area contributed by atoms with Gasteiger partial charge in [-0.15, -0.1) is 0 Å². The van der Waals surface area contributed by atoms with Crippen LogP contribution in [0.25, 0.3) is 32.3 Å². The van der Waals surface area contributed by atoms with E-state index in [-0.39, 0.29) is 0 Å². The van der Waals surface area contributed by atoms with Crippen LogP contribution in [0.15, 0.2) is 224 Å². The molecule has 5 nitrogen and oxygen atoms in total. The molecular weight excluding hydrogens is 755 g/mol. The van der Waals surface area contributed by atoms with Crippen molar-refractivity contribution in [2.45, 2.75) is 5.41 Å². The number of para-hydroxylation sites is 4. The van der Waals surface area contributed by atoms with E-state index in [4.69, 9.17) is 6.57 Å². The third-order valence-electron chi connectivity index (χ3n) is 12.2. The van der Waals surface area contributed by atoms with Gasteiger partial charge in [-0.25, -0.2) is 4.85 Å².